The Balaban J connectivity index is 1.52. The van der Waals surface area contributed by atoms with Gasteiger partial charge in [-0.25, -0.2) is 9.78 Å². The Bertz CT molecular complexity index is 1250. The van der Waals surface area contributed by atoms with Crippen LogP contribution in [0.1, 0.15) is 16.1 Å². The summed E-state index contributed by atoms with van der Waals surface area (Å²) in [5.41, 5.74) is 1.25. The van der Waals surface area contributed by atoms with Crippen molar-refractivity contribution in [3.05, 3.63) is 69.7 Å². The molecule has 0 fully saturated rings. The van der Waals surface area contributed by atoms with Gasteiger partial charge in [-0.05, 0) is 6.07 Å². The predicted octanol–water partition coefficient (Wildman–Crippen LogP) is 2.24. The molecule has 0 saturated heterocycles. The van der Waals surface area contributed by atoms with Gasteiger partial charge in [0.15, 0.2) is 4.96 Å². The highest BCUT2D eigenvalue weighted by Gasteiger charge is 2.17. The van der Waals surface area contributed by atoms with Gasteiger partial charge >= 0.3 is 11.9 Å². The quantitative estimate of drug-likeness (QED) is 0.480. The monoisotopic (exact) mass is 397 g/mol. The lowest BCUT2D eigenvalue weighted by Gasteiger charge is -2.06. The Labute approximate surface area is 162 Å². The largest absolute Gasteiger partial charge is 0.465 e. The molecule has 0 aliphatic carbocycles. The van der Waals surface area contributed by atoms with Crippen molar-refractivity contribution in [2.24, 2.45) is 0 Å². The second kappa shape index (κ2) is 7.28. The fourth-order valence-corrected chi connectivity index (χ4v) is 3.69. The number of carbonyl (C=O) groups excluding carboxylic acids is 2. The average molecular weight is 397 g/mol. The fourth-order valence-electron chi connectivity index (χ4n) is 2.95. The maximum atomic E-state index is 12.3. The van der Waals surface area contributed by atoms with Crippen molar-refractivity contribution in [1.29, 1.82) is 0 Å². The molecule has 0 atom stereocenters. The molecule has 0 radical (unpaired) electrons. The molecule has 0 aliphatic rings. The molecule has 0 spiro atoms. The second-order valence-corrected chi connectivity index (χ2v) is 6.85. The first kappa shape index (κ1) is 17.9. The summed E-state index contributed by atoms with van der Waals surface area (Å²) in [5.74, 6) is -0.984. The van der Waals surface area contributed by atoms with Crippen LogP contribution in [0.4, 0.5) is 0 Å². The third-order valence-corrected chi connectivity index (χ3v) is 4.99. The first-order chi connectivity index (χ1) is 13.6. The molecular formula is C19H15N3O5S. The zero-order chi connectivity index (χ0) is 19.7. The molecule has 9 heteroatoms. The van der Waals surface area contributed by atoms with E-state index in [1.54, 1.807) is 28.4 Å². The summed E-state index contributed by atoms with van der Waals surface area (Å²) in [4.78, 5) is 41.1. The Morgan fingerprint density at radius 3 is 2.89 bits per heavy atom. The Morgan fingerprint density at radius 1 is 1.25 bits per heavy atom. The Morgan fingerprint density at radius 2 is 2.07 bits per heavy atom. The molecule has 1 aromatic carbocycles. The van der Waals surface area contributed by atoms with Gasteiger partial charge in [-0.2, -0.15) is 0 Å². The molecule has 0 unspecified atom stereocenters. The average Bonchev–Trinajstić information content (AvgIpc) is 3.31. The van der Waals surface area contributed by atoms with Crippen molar-refractivity contribution in [1.82, 2.24) is 14.0 Å². The number of esters is 2. The predicted molar refractivity (Wildman–Crippen MR) is 102 cm³/mol. The van der Waals surface area contributed by atoms with Crippen LogP contribution in [0.5, 0.6) is 0 Å². The fraction of sp³-hybridized carbons (Fsp3) is 0.158. The van der Waals surface area contributed by atoms with E-state index in [1.807, 2.05) is 18.2 Å². The number of rotatable bonds is 5. The summed E-state index contributed by atoms with van der Waals surface area (Å²) in [5, 5.41) is 2.45. The van der Waals surface area contributed by atoms with E-state index in [0.717, 1.165) is 5.52 Å². The first-order valence-electron chi connectivity index (χ1n) is 8.34. The minimum absolute atomic E-state index is 0.0856. The van der Waals surface area contributed by atoms with Crippen LogP contribution in [-0.4, -0.2) is 33.0 Å². The number of para-hydroxylation sites is 1. The van der Waals surface area contributed by atoms with Crippen molar-refractivity contribution in [3.63, 3.8) is 0 Å². The number of hydrogen-bond acceptors (Lipinski definition) is 7. The number of nitrogens with zero attached hydrogens (tertiary/aromatic N) is 3. The van der Waals surface area contributed by atoms with E-state index in [0.29, 0.717) is 21.6 Å². The van der Waals surface area contributed by atoms with Gasteiger partial charge in [-0.1, -0.05) is 18.2 Å². The van der Waals surface area contributed by atoms with Crippen LogP contribution in [0.15, 0.2) is 52.9 Å². The van der Waals surface area contributed by atoms with Crippen molar-refractivity contribution >= 4 is 39.1 Å². The third-order valence-electron chi connectivity index (χ3n) is 4.23. The number of ether oxygens (including phenoxy) is 2. The van der Waals surface area contributed by atoms with E-state index in [9.17, 15) is 14.4 Å². The third kappa shape index (κ3) is 3.27. The highest BCUT2D eigenvalue weighted by atomic mass is 32.1. The smallest absolute Gasteiger partial charge is 0.340 e. The van der Waals surface area contributed by atoms with Gasteiger partial charge in [0.1, 0.15) is 13.2 Å². The molecule has 0 N–H and O–H groups in total. The van der Waals surface area contributed by atoms with Crippen LogP contribution in [0, 0.1) is 0 Å². The van der Waals surface area contributed by atoms with Crippen molar-refractivity contribution in [3.8, 4) is 0 Å². The van der Waals surface area contributed by atoms with Gasteiger partial charge < -0.3 is 14.0 Å². The number of hydrogen-bond donors (Lipinski definition) is 0. The van der Waals surface area contributed by atoms with E-state index in [1.165, 1.54) is 28.9 Å². The van der Waals surface area contributed by atoms with Gasteiger partial charge in [0.05, 0.1) is 18.4 Å². The van der Waals surface area contributed by atoms with Crippen LogP contribution in [-0.2, 0) is 27.4 Å². The van der Waals surface area contributed by atoms with Crippen molar-refractivity contribution in [2.75, 3.05) is 7.11 Å². The first-order valence-corrected chi connectivity index (χ1v) is 9.22. The van der Waals surface area contributed by atoms with Gasteiger partial charge in [-0.3, -0.25) is 14.0 Å². The normalized spacial score (nSPS) is 11.0. The SMILES string of the molecule is COC(=O)c1cn(CC(=O)OCc2cc(=O)n3ccsc3n2)c2ccccc12. The number of aromatic nitrogens is 3. The van der Waals surface area contributed by atoms with E-state index >= 15 is 0 Å². The molecule has 4 aromatic rings. The second-order valence-electron chi connectivity index (χ2n) is 5.98. The maximum Gasteiger partial charge on any atom is 0.340 e. The van der Waals surface area contributed by atoms with E-state index < -0.39 is 11.9 Å². The summed E-state index contributed by atoms with van der Waals surface area (Å²) >= 11 is 1.32. The van der Waals surface area contributed by atoms with Crippen molar-refractivity contribution < 1.29 is 19.1 Å². The molecule has 0 bridgehead atoms. The number of benzene rings is 1. The molecule has 8 nitrogen and oxygen atoms in total. The molecule has 3 heterocycles. The molecule has 28 heavy (non-hydrogen) atoms. The van der Waals surface area contributed by atoms with Crippen LogP contribution in [0.3, 0.4) is 0 Å². The standard InChI is InChI=1S/C19H15N3O5S/c1-26-18(25)14-9-21(15-5-3-2-4-13(14)15)10-17(24)27-11-12-8-16(23)22-6-7-28-19(22)20-12/h2-9H,10-11H2,1H3. The lowest BCUT2D eigenvalue weighted by Crippen LogP contribution is -2.16. The summed E-state index contributed by atoms with van der Waals surface area (Å²) < 4.78 is 13.1. The van der Waals surface area contributed by atoms with Crippen LogP contribution in [0.25, 0.3) is 15.9 Å². The Kier molecular flexibility index (Phi) is 4.66. The lowest BCUT2D eigenvalue weighted by atomic mass is 10.2. The van der Waals surface area contributed by atoms with Gasteiger partial charge in [0.2, 0.25) is 0 Å². The summed E-state index contributed by atoms with van der Waals surface area (Å²) in [7, 11) is 1.31. The van der Waals surface area contributed by atoms with E-state index in [4.69, 9.17) is 9.47 Å². The molecule has 142 valence electrons. The highest BCUT2D eigenvalue weighted by molar-refractivity contribution is 7.15. The topological polar surface area (TPSA) is 91.9 Å². The lowest BCUT2D eigenvalue weighted by molar-refractivity contribution is -0.145. The van der Waals surface area contributed by atoms with Gasteiger partial charge in [0, 0.05) is 34.7 Å². The zero-order valence-corrected chi connectivity index (χ0v) is 15.6. The van der Waals surface area contributed by atoms with E-state index in [2.05, 4.69) is 4.98 Å². The minimum Gasteiger partial charge on any atom is -0.465 e. The molecule has 0 amide bonds. The number of carbonyl (C=O) groups is 2. The van der Waals surface area contributed by atoms with Crippen LogP contribution < -0.4 is 5.56 Å². The summed E-state index contributed by atoms with van der Waals surface area (Å²) in [6, 6.07) is 8.56. The molecular weight excluding hydrogens is 382 g/mol. The maximum absolute atomic E-state index is 12.3. The summed E-state index contributed by atoms with van der Waals surface area (Å²) in [6.07, 6.45) is 3.21. The minimum atomic E-state index is -0.509. The van der Waals surface area contributed by atoms with Crippen LogP contribution >= 0.6 is 11.3 Å². The molecule has 0 aliphatic heterocycles. The number of thiazole rings is 1. The Hall–Kier alpha value is -3.46. The molecule has 3 aromatic heterocycles. The highest BCUT2D eigenvalue weighted by Crippen LogP contribution is 2.22. The van der Waals surface area contributed by atoms with Gasteiger partial charge in [-0.15, -0.1) is 11.3 Å². The van der Waals surface area contributed by atoms with Gasteiger partial charge in [0.25, 0.3) is 5.56 Å². The molecule has 0 saturated carbocycles. The molecule has 4 rings (SSSR count). The van der Waals surface area contributed by atoms with Crippen molar-refractivity contribution in [2.45, 2.75) is 13.2 Å². The number of methoxy groups -OCH3 is 1. The zero-order valence-electron chi connectivity index (χ0n) is 14.8. The van der Waals surface area contributed by atoms with Crippen LogP contribution in [0.2, 0.25) is 0 Å². The van der Waals surface area contributed by atoms with E-state index in [-0.39, 0.29) is 18.7 Å². The number of fused-ring (bicyclic) bond motifs is 2. The summed E-state index contributed by atoms with van der Waals surface area (Å²) in [6.45, 7) is -0.191.